The topological polar surface area (TPSA) is 22.4 Å². The molecule has 0 unspecified atom stereocenters. The van der Waals surface area contributed by atoms with Crippen molar-refractivity contribution in [3.8, 4) is 56.0 Å². The van der Waals surface area contributed by atoms with Crippen molar-refractivity contribution in [2.45, 2.75) is 5.41 Å². The van der Waals surface area contributed by atoms with Crippen molar-refractivity contribution in [2.24, 2.45) is 0 Å². The molecule has 2 heterocycles. The minimum atomic E-state index is -0.561. The summed E-state index contributed by atoms with van der Waals surface area (Å²) in [6, 6.07) is 75.2. The number of hydrogen-bond donors (Lipinski definition) is 0. The van der Waals surface area contributed by atoms with Gasteiger partial charge in [-0.15, -0.1) is 0 Å². The summed E-state index contributed by atoms with van der Waals surface area (Å²) in [5.74, 6) is 1.80. The fourth-order valence-electron chi connectivity index (χ4n) is 10.5. The highest BCUT2D eigenvalue weighted by Gasteiger charge is 2.47. The quantitative estimate of drug-likeness (QED) is 0.179. The van der Waals surface area contributed by atoms with Crippen LogP contribution in [0.15, 0.2) is 211 Å². The van der Waals surface area contributed by atoms with Gasteiger partial charge in [-0.25, -0.2) is 0 Å². The molecule has 1 aliphatic carbocycles. The van der Waals surface area contributed by atoms with E-state index in [0.717, 1.165) is 50.0 Å². The summed E-state index contributed by atoms with van der Waals surface area (Å²) in [5.41, 5.74) is 15.9. The Balaban J connectivity index is 1.08. The zero-order chi connectivity index (χ0) is 38.7. The summed E-state index contributed by atoms with van der Waals surface area (Å²) in [6.07, 6.45) is 0. The van der Waals surface area contributed by atoms with Crippen molar-refractivity contribution in [3.63, 3.8) is 0 Å². The van der Waals surface area contributed by atoms with Gasteiger partial charge in [0.1, 0.15) is 22.7 Å². The molecule has 13 rings (SSSR count). The SMILES string of the molecule is c1ccc(C2(c3ccccc3)c3cc(-c4ccc5c6c(cccc46)-c4ccccc4O5)ccc3-c3c2ccc2c(-c4ccc5c(c4)oc4ccccc45)cccc32)cc1. The molecular weight excluding hydrogens is 717 g/mol. The van der Waals surface area contributed by atoms with Crippen LogP contribution in [0.1, 0.15) is 22.3 Å². The number of ether oxygens (including phenoxy) is 1. The highest BCUT2D eigenvalue weighted by molar-refractivity contribution is 6.13. The molecule has 10 aromatic carbocycles. The third-order valence-corrected chi connectivity index (χ3v) is 13.0. The second-order valence-electron chi connectivity index (χ2n) is 15.9. The smallest absolute Gasteiger partial charge is 0.136 e. The van der Waals surface area contributed by atoms with Gasteiger partial charge in [-0.05, 0) is 114 Å². The molecule has 1 aromatic heterocycles. The van der Waals surface area contributed by atoms with Crippen LogP contribution in [-0.2, 0) is 5.41 Å². The Labute approximate surface area is 341 Å². The van der Waals surface area contributed by atoms with Gasteiger partial charge >= 0.3 is 0 Å². The second kappa shape index (κ2) is 12.2. The van der Waals surface area contributed by atoms with E-state index in [0.29, 0.717) is 0 Å². The first kappa shape index (κ1) is 32.4. The Kier molecular flexibility index (Phi) is 6.68. The van der Waals surface area contributed by atoms with E-state index in [9.17, 15) is 0 Å². The lowest BCUT2D eigenvalue weighted by Crippen LogP contribution is -2.28. The molecule has 2 nitrogen and oxygen atoms in total. The summed E-state index contributed by atoms with van der Waals surface area (Å²) >= 11 is 0. The molecule has 0 N–H and O–H groups in total. The maximum Gasteiger partial charge on any atom is 0.136 e. The average Bonchev–Trinajstić information content (AvgIpc) is 3.83. The fourth-order valence-corrected chi connectivity index (χ4v) is 10.5. The summed E-state index contributed by atoms with van der Waals surface area (Å²) in [5, 5.41) is 7.09. The number of furan rings is 1. The molecule has 274 valence electrons. The van der Waals surface area contributed by atoms with Crippen LogP contribution in [0.2, 0.25) is 0 Å². The van der Waals surface area contributed by atoms with Gasteiger partial charge in [0.05, 0.1) is 5.41 Å². The van der Waals surface area contributed by atoms with E-state index in [1.165, 1.54) is 71.8 Å². The van der Waals surface area contributed by atoms with E-state index in [2.05, 4.69) is 188 Å². The lowest BCUT2D eigenvalue weighted by Gasteiger charge is -2.34. The minimum absolute atomic E-state index is 0.561. The summed E-state index contributed by atoms with van der Waals surface area (Å²) in [4.78, 5) is 0. The second-order valence-corrected chi connectivity index (χ2v) is 15.9. The predicted octanol–water partition coefficient (Wildman–Crippen LogP) is 15.4. The van der Waals surface area contributed by atoms with Crippen LogP contribution in [0.25, 0.3) is 88.0 Å². The molecule has 2 aliphatic rings. The first-order valence-electron chi connectivity index (χ1n) is 20.3. The molecule has 59 heavy (non-hydrogen) atoms. The largest absolute Gasteiger partial charge is 0.456 e. The Morgan fingerprint density at radius 3 is 1.78 bits per heavy atom. The van der Waals surface area contributed by atoms with E-state index < -0.39 is 5.41 Å². The molecule has 11 aromatic rings. The molecule has 1 aliphatic heterocycles. The maximum absolute atomic E-state index is 6.52. The average molecular weight is 751 g/mol. The number of hydrogen-bond acceptors (Lipinski definition) is 2. The van der Waals surface area contributed by atoms with E-state index in [1.807, 2.05) is 18.2 Å². The third-order valence-electron chi connectivity index (χ3n) is 13.0. The molecule has 0 bridgehead atoms. The molecule has 0 saturated carbocycles. The number of benzene rings is 10. The standard InChI is InChI=1S/C57H34O2/c1-3-13-37(14-4-1)57(38-15-5-2-6-16-38)49-31-29-41-39(36-25-27-44-42-17-7-9-23-51(42)59-54(44)34-36)19-11-21-46(41)55(49)48-28-26-35(33-50(48)57)40-30-32-53-56-45(40)20-12-22-47(56)43-18-8-10-24-52(43)58-53/h1-34H. The Morgan fingerprint density at radius 1 is 0.322 bits per heavy atom. The number of fused-ring (bicyclic) bond motifs is 10. The highest BCUT2D eigenvalue weighted by atomic mass is 16.5. The van der Waals surface area contributed by atoms with E-state index in [4.69, 9.17) is 9.15 Å². The van der Waals surface area contributed by atoms with Crippen molar-refractivity contribution < 1.29 is 9.15 Å². The molecule has 0 spiro atoms. The molecule has 0 radical (unpaired) electrons. The number of para-hydroxylation sites is 2. The summed E-state index contributed by atoms with van der Waals surface area (Å²) < 4.78 is 12.9. The minimum Gasteiger partial charge on any atom is -0.456 e. The molecule has 0 atom stereocenters. The molecule has 0 fully saturated rings. The van der Waals surface area contributed by atoms with Crippen molar-refractivity contribution in [3.05, 3.63) is 229 Å². The van der Waals surface area contributed by atoms with Crippen LogP contribution >= 0.6 is 0 Å². The first-order valence-corrected chi connectivity index (χ1v) is 20.3. The van der Waals surface area contributed by atoms with Gasteiger partial charge in [-0.1, -0.05) is 170 Å². The maximum atomic E-state index is 6.52. The normalized spacial score (nSPS) is 13.4. The highest BCUT2D eigenvalue weighted by Crippen LogP contribution is 2.59. The van der Waals surface area contributed by atoms with Crippen molar-refractivity contribution >= 4 is 43.5 Å². The van der Waals surface area contributed by atoms with Gasteiger partial charge in [0.15, 0.2) is 0 Å². The van der Waals surface area contributed by atoms with Gasteiger partial charge < -0.3 is 9.15 Å². The van der Waals surface area contributed by atoms with Gasteiger partial charge in [0.25, 0.3) is 0 Å². The Hall–Kier alpha value is -7.68. The zero-order valence-corrected chi connectivity index (χ0v) is 31.9. The predicted molar refractivity (Wildman–Crippen MR) is 242 cm³/mol. The summed E-state index contributed by atoms with van der Waals surface area (Å²) in [7, 11) is 0. The van der Waals surface area contributed by atoms with E-state index in [1.54, 1.807) is 0 Å². The third kappa shape index (κ3) is 4.46. The lowest BCUT2D eigenvalue weighted by molar-refractivity contribution is 0.487. The van der Waals surface area contributed by atoms with Crippen molar-refractivity contribution in [1.29, 1.82) is 0 Å². The van der Waals surface area contributed by atoms with Crippen LogP contribution < -0.4 is 4.74 Å². The van der Waals surface area contributed by atoms with Crippen LogP contribution in [0, 0.1) is 0 Å². The van der Waals surface area contributed by atoms with Gasteiger partial charge in [-0.3, -0.25) is 0 Å². The lowest BCUT2D eigenvalue weighted by atomic mass is 9.67. The van der Waals surface area contributed by atoms with Crippen LogP contribution in [-0.4, -0.2) is 0 Å². The Bertz CT molecular complexity index is 3480. The zero-order valence-electron chi connectivity index (χ0n) is 31.9. The number of rotatable bonds is 4. The van der Waals surface area contributed by atoms with Gasteiger partial charge in [0, 0.05) is 21.7 Å². The van der Waals surface area contributed by atoms with Gasteiger partial charge in [-0.2, -0.15) is 0 Å². The van der Waals surface area contributed by atoms with E-state index >= 15 is 0 Å². The summed E-state index contributed by atoms with van der Waals surface area (Å²) in [6.45, 7) is 0. The fraction of sp³-hybridized carbons (Fsp3) is 0.0175. The Morgan fingerprint density at radius 2 is 0.932 bits per heavy atom. The van der Waals surface area contributed by atoms with Gasteiger partial charge in [0.2, 0.25) is 0 Å². The van der Waals surface area contributed by atoms with Crippen molar-refractivity contribution in [2.75, 3.05) is 0 Å². The van der Waals surface area contributed by atoms with Crippen molar-refractivity contribution in [1.82, 2.24) is 0 Å². The van der Waals surface area contributed by atoms with Crippen LogP contribution in [0.5, 0.6) is 11.5 Å². The van der Waals surface area contributed by atoms with E-state index in [-0.39, 0.29) is 0 Å². The molecule has 2 heteroatoms. The molecular formula is C57H34O2. The first-order chi connectivity index (χ1) is 29.3. The van der Waals surface area contributed by atoms with Crippen LogP contribution in [0.4, 0.5) is 0 Å². The molecule has 0 amide bonds. The monoisotopic (exact) mass is 750 g/mol. The molecule has 0 saturated heterocycles. The van der Waals surface area contributed by atoms with Crippen LogP contribution in [0.3, 0.4) is 0 Å².